The van der Waals surface area contributed by atoms with Crippen LogP contribution in [-0.2, 0) is 6.42 Å². The largest absolute Gasteiger partial charge is 0.317 e. The van der Waals surface area contributed by atoms with Crippen molar-refractivity contribution in [2.24, 2.45) is 0 Å². The third-order valence-corrected chi connectivity index (χ3v) is 3.42. The Kier molecular flexibility index (Phi) is 3.79. The number of likely N-dealkylation sites (N-methyl/N-ethyl adjacent to an activating group) is 1. The molecule has 0 spiro atoms. The van der Waals surface area contributed by atoms with Crippen molar-refractivity contribution in [1.29, 1.82) is 0 Å². The van der Waals surface area contributed by atoms with Crippen LogP contribution in [0.25, 0.3) is 0 Å². The molecule has 2 rings (SSSR count). The van der Waals surface area contributed by atoms with Gasteiger partial charge < -0.3 is 5.32 Å². The van der Waals surface area contributed by atoms with Crippen LogP contribution in [0, 0.1) is 0 Å². The molecule has 1 saturated carbocycles. The highest BCUT2D eigenvalue weighted by atomic mass is 14.8. The van der Waals surface area contributed by atoms with Gasteiger partial charge in [0.05, 0.1) is 0 Å². The van der Waals surface area contributed by atoms with Gasteiger partial charge in [-0.05, 0) is 49.4 Å². The first-order valence-corrected chi connectivity index (χ1v) is 6.20. The summed E-state index contributed by atoms with van der Waals surface area (Å²) in [4.78, 5) is 0. The number of hydrogen-bond acceptors (Lipinski definition) is 1. The van der Waals surface area contributed by atoms with Gasteiger partial charge in [-0.3, -0.25) is 0 Å². The molecule has 15 heavy (non-hydrogen) atoms. The summed E-state index contributed by atoms with van der Waals surface area (Å²) >= 11 is 0. The molecular formula is C14H21N. The van der Waals surface area contributed by atoms with Crippen molar-refractivity contribution in [3.05, 3.63) is 35.4 Å². The minimum absolute atomic E-state index is 0.864. The lowest BCUT2D eigenvalue weighted by atomic mass is 9.78. The average Bonchev–Trinajstić information content (AvgIpc) is 2.18. The Labute approximate surface area is 92.9 Å². The smallest absolute Gasteiger partial charge is 0.000836 e. The van der Waals surface area contributed by atoms with Gasteiger partial charge >= 0.3 is 0 Å². The molecule has 0 radical (unpaired) electrons. The standard InChI is InChI=1S/C14H21N/c1-2-15-11-10-13-6-3-4-9-14(13)12-7-5-8-12/h3-4,6,9,12,15H,2,5,7-8,10-11H2,1H3. The molecule has 82 valence electrons. The van der Waals surface area contributed by atoms with Crippen molar-refractivity contribution in [3.63, 3.8) is 0 Å². The topological polar surface area (TPSA) is 12.0 Å². The molecule has 1 heteroatoms. The minimum Gasteiger partial charge on any atom is -0.317 e. The number of rotatable bonds is 5. The second kappa shape index (κ2) is 5.32. The molecule has 1 aliphatic carbocycles. The van der Waals surface area contributed by atoms with Crippen LogP contribution in [0.3, 0.4) is 0 Å². The van der Waals surface area contributed by atoms with E-state index in [0.717, 1.165) is 19.0 Å². The van der Waals surface area contributed by atoms with Crippen LogP contribution in [0.15, 0.2) is 24.3 Å². The molecule has 0 bridgehead atoms. The van der Waals surface area contributed by atoms with Gasteiger partial charge in [0.1, 0.15) is 0 Å². The lowest BCUT2D eigenvalue weighted by Crippen LogP contribution is -2.18. The molecule has 1 aromatic carbocycles. The Morgan fingerprint density at radius 1 is 1.27 bits per heavy atom. The van der Waals surface area contributed by atoms with Gasteiger partial charge in [-0.1, -0.05) is 37.6 Å². The first-order chi connectivity index (χ1) is 7.42. The Hall–Kier alpha value is -0.820. The molecule has 1 fully saturated rings. The zero-order chi connectivity index (χ0) is 10.5. The van der Waals surface area contributed by atoms with Gasteiger partial charge in [-0.15, -0.1) is 0 Å². The first-order valence-electron chi connectivity index (χ1n) is 6.20. The first kappa shape index (κ1) is 10.7. The summed E-state index contributed by atoms with van der Waals surface area (Å²) in [5, 5.41) is 3.40. The van der Waals surface area contributed by atoms with Crippen molar-refractivity contribution in [2.45, 2.75) is 38.5 Å². The SMILES string of the molecule is CCNCCc1ccccc1C1CCC1. The molecule has 0 heterocycles. The third kappa shape index (κ3) is 2.60. The van der Waals surface area contributed by atoms with Crippen LogP contribution in [-0.4, -0.2) is 13.1 Å². The maximum Gasteiger partial charge on any atom is -0.000836 e. The number of nitrogens with one attached hydrogen (secondary N) is 1. The summed E-state index contributed by atoms with van der Waals surface area (Å²) in [7, 11) is 0. The highest BCUT2D eigenvalue weighted by Gasteiger charge is 2.21. The zero-order valence-electron chi connectivity index (χ0n) is 9.63. The molecule has 1 aliphatic rings. The van der Waals surface area contributed by atoms with Gasteiger partial charge in [0.2, 0.25) is 0 Å². The fourth-order valence-corrected chi connectivity index (χ4v) is 2.28. The highest BCUT2D eigenvalue weighted by molar-refractivity contribution is 5.31. The van der Waals surface area contributed by atoms with E-state index in [4.69, 9.17) is 0 Å². The molecule has 1 N–H and O–H groups in total. The van der Waals surface area contributed by atoms with Crippen LogP contribution >= 0.6 is 0 Å². The van der Waals surface area contributed by atoms with E-state index in [1.807, 2.05) is 0 Å². The molecule has 0 unspecified atom stereocenters. The predicted octanol–water partition coefficient (Wildman–Crippen LogP) is 3.11. The molecule has 0 amide bonds. The molecule has 1 aromatic rings. The predicted molar refractivity (Wildman–Crippen MR) is 65.3 cm³/mol. The zero-order valence-corrected chi connectivity index (χ0v) is 9.63. The Bertz CT molecular complexity index is 302. The highest BCUT2D eigenvalue weighted by Crippen LogP contribution is 2.37. The number of benzene rings is 1. The van der Waals surface area contributed by atoms with Gasteiger partial charge in [0, 0.05) is 0 Å². The summed E-state index contributed by atoms with van der Waals surface area (Å²) in [6, 6.07) is 8.98. The molecule has 0 aliphatic heterocycles. The van der Waals surface area contributed by atoms with E-state index in [1.54, 1.807) is 11.1 Å². The normalized spacial score (nSPS) is 16.3. The van der Waals surface area contributed by atoms with Gasteiger partial charge in [-0.2, -0.15) is 0 Å². The van der Waals surface area contributed by atoms with E-state index in [1.165, 1.54) is 25.7 Å². The summed E-state index contributed by atoms with van der Waals surface area (Å²) in [6.07, 6.45) is 5.41. The molecule has 0 saturated heterocycles. The third-order valence-electron chi connectivity index (χ3n) is 3.42. The van der Waals surface area contributed by atoms with E-state index in [0.29, 0.717) is 0 Å². The van der Waals surface area contributed by atoms with Crippen LogP contribution in [0.5, 0.6) is 0 Å². The lowest BCUT2D eigenvalue weighted by molar-refractivity contribution is 0.417. The summed E-state index contributed by atoms with van der Waals surface area (Å²) in [5.41, 5.74) is 3.17. The summed E-state index contributed by atoms with van der Waals surface area (Å²) in [5.74, 6) is 0.864. The van der Waals surface area contributed by atoms with Crippen molar-refractivity contribution in [1.82, 2.24) is 5.32 Å². The van der Waals surface area contributed by atoms with E-state index < -0.39 is 0 Å². The van der Waals surface area contributed by atoms with Crippen LogP contribution < -0.4 is 5.32 Å². The Morgan fingerprint density at radius 2 is 2.07 bits per heavy atom. The second-order valence-corrected chi connectivity index (χ2v) is 4.43. The molecule has 0 aromatic heterocycles. The van der Waals surface area contributed by atoms with Gasteiger partial charge in [0.15, 0.2) is 0 Å². The second-order valence-electron chi connectivity index (χ2n) is 4.43. The monoisotopic (exact) mass is 203 g/mol. The number of hydrogen-bond donors (Lipinski definition) is 1. The Balaban J connectivity index is 2.01. The Morgan fingerprint density at radius 3 is 2.73 bits per heavy atom. The van der Waals surface area contributed by atoms with Gasteiger partial charge in [-0.25, -0.2) is 0 Å². The fourth-order valence-electron chi connectivity index (χ4n) is 2.28. The maximum absolute atomic E-state index is 3.40. The van der Waals surface area contributed by atoms with Crippen LogP contribution in [0.4, 0.5) is 0 Å². The van der Waals surface area contributed by atoms with Crippen molar-refractivity contribution < 1.29 is 0 Å². The van der Waals surface area contributed by atoms with Crippen LogP contribution in [0.1, 0.15) is 43.2 Å². The maximum atomic E-state index is 3.40. The summed E-state index contributed by atoms with van der Waals surface area (Å²) in [6.45, 7) is 4.35. The van der Waals surface area contributed by atoms with E-state index in [2.05, 4.69) is 36.5 Å². The van der Waals surface area contributed by atoms with E-state index in [-0.39, 0.29) is 0 Å². The van der Waals surface area contributed by atoms with E-state index in [9.17, 15) is 0 Å². The van der Waals surface area contributed by atoms with Crippen molar-refractivity contribution >= 4 is 0 Å². The quantitative estimate of drug-likeness (QED) is 0.725. The van der Waals surface area contributed by atoms with Crippen molar-refractivity contribution in [2.75, 3.05) is 13.1 Å². The molecule has 0 atom stereocenters. The van der Waals surface area contributed by atoms with E-state index >= 15 is 0 Å². The minimum atomic E-state index is 0.864. The summed E-state index contributed by atoms with van der Waals surface area (Å²) < 4.78 is 0. The van der Waals surface area contributed by atoms with Crippen molar-refractivity contribution in [3.8, 4) is 0 Å². The molecule has 1 nitrogen and oxygen atoms in total. The van der Waals surface area contributed by atoms with Crippen LogP contribution in [0.2, 0.25) is 0 Å². The fraction of sp³-hybridized carbons (Fsp3) is 0.571. The lowest BCUT2D eigenvalue weighted by Gasteiger charge is -2.28. The molecular weight excluding hydrogens is 182 g/mol. The van der Waals surface area contributed by atoms with Gasteiger partial charge in [0.25, 0.3) is 0 Å². The average molecular weight is 203 g/mol.